The largest absolute Gasteiger partial charge is 0.396 e. The third-order valence-electron chi connectivity index (χ3n) is 4.41. The number of unbranched alkanes of at least 4 members (excludes halogenated alkanes) is 3. The van der Waals surface area contributed by atoms with Crippen molar-refractivity contribution in [1.29, 1.82) is 0 Å². The molecule has 1 saturated heterocycles. The van der Waals surface area contributed by atoms with Crippen LogP contribution in [0.3, 0.4) is 0 Å². The molecule has 0 spiro atoms. The molecule has 4 heteroatoms. The molecule has 1 atom stereocenters. The van der Waals surface area contributed by atoms with Crippen molar-refractivity contribution in [3.05, 3.63) is 29.8 Å². The molecule has 22 heavy (non-hydrogen) atoms. The van der Waals surface area contributed by atoms with Gasteiger partial charge in [0.1, 0.15) is 0 Å². The number of amides is 1. The summed E-state index contributed by atoms with van der Waals surface area (Å²) in [4.78, 5) is 16.6. The Kier molecular flexibility index (Phi) is 6.40. The average Bonchev–Trinajstić information content (AvgIpc) is 2.51. The smallest absolute Gasteiger partial charge is 0.241 e. The van der Waals surface area contributed by atoms with Crippen LogP contribution in [0.5, 0.6) is 0 Å². The van der Waals surface area contributed by atoms with Crippen molar-refractivity contribution in [2.45, 2.75) is 45.6 Å². The molecule has 1 aliphatic heterocycles. The van der Waals surface area contributed by atoms with Crippen molar-refractivity contribution in [2.24, 2.45) is 0 Å². The molecule has 0 bridgehead atoms. The van der Waals surface area contributed by atoms with Crippen LogP contribution < -0.4 is 4.90 Å². The minimum Gasteiger partial charge on any atom is -0.396 e. The summed E-state index contributed by atoms with van der Waals surface area (Å²) in [5.74, 6) is 0.192. The van der Waals surface area contributed by atoms with E-state index in [4.69, 9.17) is 5.11 Å². The zero-order valence-corrected chi connectivity index (χ0v) is 13.8. The Balaban J connectivity index is 1.86. The van der Waals surface area contributed by atoms with E-state index in [2.05, 4.69) is 30.9 Å². The Morgan fingerprint density at radius 3 is 2.50 bits per heavy atom. The molecule has 0 aliphatic carbocycles. The van der Waals surface area contributed by atoms with Crippen LogP contribution in [0.2, 0.25) is 0 Å². The van der Waals surface area contributed by atoms with E-state index >= 15 is 0 Å². The van der Waals surface area contributed by atoms with Crippen LogP contribution in [0.4, 0.5) is 5.69 Å². The molecular weight excluding hydrogens is 276 g/mol. The quantitative estimate of drug-likeness (QED) is 0.788. The Hall–Kier alpha value is -1.39. The number of aryl methyl sites for hydroxylation is 1. The molecule has 1 aliphatic rings. The van der Waals surface area contributed by atoms with Crippen molar-refractivity contribution in [3.63, 3.8) is 0 Å². The fourth-order valence-corrected chi connectivity index (χ4v) is 2.95. The van der Waals surface area contributed by atoms with E-state index in [0.29, 0.717) is 12.6 Å². The van der Waals surface area contributed by atoms with Gasteiger partial charge < -0.3 is 10.0 Å². The number of rotatable bonds is 7. The molecule has 4 nitrogen and oxygen atoms in total. The van der Waals surface area contributed by atoms with Gasteiger partial charge in [0.15, 0.2) is 0 Å². The molecule has 1 fully saturated rings. The lowest BCUT2D eigenvalue weighted by Gasteiger charge is -2.39. The number of carbonyl (C=O) groups excluding carboxylic acids is 1. The van der Waals surface area contributed by atoms with Crippen molar-refractivity contribution >= 4 is 11.6 Å². The first kappa shape index (κ1) is 17.0. The Morgan fingerprint density at radius 2 is 1.82 bits per heavy atom. The standard InChI is InChI=1S/C18H28N2O2/c1-15-7-9-17(10-8-15)20-13-16(2)19(14-18(20)22)11-5-3-4-6-12-21/h7-10,16,21H,3-6,11-14H2,1-2H3/t16-/m0/s1. The lowest BCUT2D eigenvalue weighted by molar-refractivity contribution is -0.122. The molecule has 1 aromatic rings. The highest BCUT2D eigenvalue weighted by Crippen LogP contribution is 2.21. The van der Waals surface area contributed by atoms with E-state index in [1.165, 1.54) is 5.56 Å². The third-order valence-corrected chi connectivity index (χ3v) is 4.41. The first-order chi connectivity index (χ1) is 10.6. The van der Waals surface area contributed by atoms with Crippen LogP contribution in [-0.4, -0.2) is 48.2 Å². The van der Waals surface area contributed by atoms with Gasteiger partial charge in [-0.25, -0.2) is 0 Å². The maximum absolute atomic E-state index is 12.4. The van der Waals surface area contributed by atoms with E-state index < -0.39 is 0 Å². The molecule has 0 saturated carbocycles. The maximum Gasteiger partial charge on any atom is 0.241 e. The van der Waals surface area contributed by atoms with Gasteiger partial charge in [0, 0.05) is 24.9 Å². The first-order valence-corrected chi connectivity index (χ1v) is 8.33. The normalized spacial score (nSPS) is 19.7. The number of piperazine rings is 1. The maximum atomic E-state index is 12.4. The van der Waals surface area contributed by atoms with E-state index in [9.17, 15) is 4.79 Å². The Morgan fingerprint density at radius 1 is 1.14 bits per heavy atom. The van der Waals surface area contributed by atoms with Crippen LogP contribution in [-0.2, 0) is 4.79 Å². The zero-order chi connectivity index (χ0) is 15.9. The van der Waals surface area contributed by atoms with E-state index in [1.807, 2.05) is 17.0 Å². The minimum atomic E-state index is 0.192. The summed E-state index contributed by atoms with van der Waals surface area (Å²) in [5, 5.41) is 8.79. The zero-order valence-electron chi connectivity index (χ0n) is 13.8. The molecule has 122 valence electrons. The van der Waals surface area contributed by atoms with Gasteiger partial charge in [0.25, 0.3) is 0 Å². The predicted octanol–water partition coefficient (Wildman–Crippen LogP) is 2.58. The van der Waals surface area contributed by atoms with E-state index in [-0.39, 0.29) is 12.5 Å². The van der Waals surface area contributed by atoms with Crippen LogP contribution in [0.1, 0.15) is 38.2 Å². The van der Waals surface area contributed by atoms with Gasteiger partial charge in [-0.15, -0.1) is 0 Å². The molecule has 0 aromatic heterocycles. The molecule has 1 aromatic carbocycles. The predicted molar refractivity (Wildman–Crippen MR) is 90.1 cm³/mol. The lowest BCUT2D eigenvalue weighted by Crippen LogP contribution is -2.55. The summed E-state index contributed by atoms with van der Waals surface area (Å²) in [7, 11) is 0. The fourth-order valence-electron chi connectivity index (χ4n) is 2.95. The number of benzene rings is 1. The number of aliphatic hydroxyl groups is 1. The van der Waals surface area contributed by atoms with Crippen molar-refractivity contribution < 1.29 is 9.90 Å². The summed E-state index contributed by atoms with van der Waals surface area (Å²) >= 11 is 0. The van der Waals surface area contributed by atoms with Crippen LogP contribution >= 0.6 is 0 Å². The van der Waals surface area contributed by atoms with E-state index in [1.54, 1.807) is 0 Å². The van der Waals surface area contributed by atoms with Gasteiger partial charge in [-0.1, -0.05) is 30.5 Å². The van der Waals surface area contributed by atoms with Crippen molar-refractivity contribution in [3.8, 4) is 0 Å². The monoisotopic (exact) mass is 304 g/mol. The second-order valence-corrected chi connectivity index (χ2v) is 6.30. The Labute approximate surface area is 133 Å². The fraction of sp³-hybridized carbons (Fsp3) is 0.611. The van der Waals surface area contributed by atoms with Gasteiger partial charge in [-0.3, -0.25) is 9.69 Å². The topological polar surface area (TPSA) is 43.8 Å². The summed E-state index contributed by atoms with van der Waals surface area (Å²) in [5.41, 5.74) is 2.22. The van der Waals surface area contributed by atoms with Gasteiger partial charge in [0.2, 0.25) is 5.91 Å². The highest BCUT2D eigenvalue weighted by molar-refractivity contribution is 5.95. The molecule has 2 rings (SSSR count). The summed E-state index contributed by atoms with van der Waals surface area (Å²) in [6.45, 7) is 6.78. The number of hydrogen-bond acceptors (Lipinski definition) is 3. The molecule has 1 amide bonds. The van der Waals surface area contributed by atoms with Crippen molar-refractivity contribution in [2.75, 3.05) is 31.1 Å². The lowest BCUT2D eigenvalue weighted by atomic mass is 10.1. The number of carbonyl (C=O) groups is 1. The first-order valence-electron chi connectivity index (χ1n) is 8.33. The number of anilines is 1. The third kappa shape index (κ3) is 4.55. The second kappa shape index (κ2) is 8.30. The summed E-state index contributed by atoms with van der Waals surface area (Å²) in [6, 6.07) is 8.56. The molecule has 0 radical (unpaired) electrons. The van der Waals surface area contributed by atoms with E-state index in [0.717, 1.165) is 44.5 Å². The SMILES string of the molecule is Cc1ccc(N2C[C@H](C)N(CCCCCCO)CC2=O)cc1. The van der Waals surface area contributed by atoms with Crippen molar-refractivity contribution in [1.82, 2.24) is 4.90 Å². The van der Waals surface area contributed by atoms with Gasteiger partial charge in [-0.2, -0.15) is 0 Å². The van der Waals surface area contributed by atoms with Gasteiger partial charge in [0.05, 0.1) is 6.54 Å². The highest BCUT2D eigenvalue weighted by Gasteiger charge is 2.29. The van der Waals surface area contributed by atoms with Gasteiger partial charge >= 0.3 is 0 Å². The van der Waals surface area contributed by atoms with Crippen LogP contribution in [0.25, 0.3) is 0 Å². The Bertz CT molecular complexity index is 472. The number of aliphatic hydroxyl groups excluding tert-OH is 1. The van der Waals surface area contributed by atoms with Gasteiger partial charge in [-0.05, 0) is 45.4 Å². The highest BCUT2D eigenvalue weighted by atomic mass is 16.2. The molecule has 1 N–H and O–H groups in total. The minimum absolute atomic E-state index is 0.192. The molecular formula is C18H28N2O2. The number of nitrogens with zero attached hydrogens (tertiary/aromatic N) is 2. The summed E-state index contributed by atoms with van der Waals surface area (Å²) in [6.07, 6.45) is 4.18. The summed E-state index contributed by atoms with van der Waals surface area (Å²) < 4.78 is 0. The number of hydrogen-bond donors (Lipinski definition) is 1. The molecule has 1 heterocycles. The second-order valence-electron chi connectivity index (χ2n) is 6.30. The van der Waals surface area contributed by atoms with Crippen LogP contribution in [0.15, 0.2) is 24.3 Å². The molecule has 0 unspecified atom stereocenters. The average molecular weight is 304 g/mol. The van der Waals surface area contributed by atoms with Crippen LogP contribution in [0, 0.1) is 6.92 Å².